The van der Waals surface area contributed by atoms with Gasteiger partial charge in [-0.3, -0.25) is 9.48 Å². The molecule has 1 aromatic heterocycles. The summed E-state index contributed by atoms with van der Waals surface area (Å²) in [6.45, 7) is 4.06. The molecule has 124 valence electrons. The first kappa shape index (κ1) is 17.2. The van der Waals surface area contributed by atoms with Gasteiger partial charge < -0.3 is 10.1 Å². The molecule has 1 amide bonds. The summed E-state index contributed by atoms with van der Waals surface area (Å²) >= 11 is 6.03. The summed E-state index contributed by atoms with van der Waals surface area (Å²) in [5.74, 6) is -2.15. The standard InChI is InChI=1S/C15H16ClF2N3O2/c1-9-15(16)10(2)21(20-9)6-5-19-14(22)8-23-13-4-3-11(17)7-12(13)18/h3-4,7H,5-6,8H2,1-2H3,(H,19,22). The van der Waals surface area contributed by atoms with Crippen molar-refractivity contribution in [3.63, 3.8) is 0 Å². The molecule has 0 radical (unpaired) electrons. The Kier molecular flexibility index (Phi) is 5.54. The number of hydrogen-bond donors (Lipinski definition) is 1. The van der Waals surface area contributed by atoms with E-state index < -0.39 is 17.5 Å². The Labute approximate surface area is 137 Å². The number of halogens is 3. The first-order valence-electron chi connectivity index (χ1n) is 6.92. The maximum Gasteiger partial charge on any atom is 0.258 e. The molecule has 0 bridgehead atoms. The number of nitrogens with zero attached hydrogens (tertiary/aromatic N) is 2. The summed E-state index contributed by atoms with van der Waals surface area (Å²) in [7, 11) is 0. The van der Waals surface area contributed by atoms with Crippen LogP contribution >= 0.6 is 11.6 Å². The second kappa shape index (κ2) is 7.41. The van der Waals surface area contributed by atoms with Gasteiger partial charge in [0, 0.05) is 12.6 Å². The van der Waals surface area contributed by atoms with Crippen LogP contribution in [0.3, 0.4) is 0 Å². The number of carbonyl (C=O) groups excluding carboxylic acids is 1. The summed E-state index contributed by atoms with van der Waals surface area (Å²) < 4.78 is 32.8. The van der Waals surface area contributed by atoms with E-state index >= 15 is 0 Å². The number of benzene rings is 1. The average molecular weight is 344 g/mol. The molecule has 1 N–H and O–H groups in total. The minimum absolute atomic E-state index is 0.174. The number of carbonyl (C=O) groups is 1. The van der Waals surface area contributed by atoms with Crippen LogP contribution in [0.15, 0.2) is 18.2 Å². The van der Waals surface area contributed by atoms with Crippen LogP contribution in [0.2, 0.25) is 5.02 Å². The average Bonchev–Trinajstić information content (AvgIpc) is 2.74. The lowest BCUT2D eigenvalue weighted by atomic mass is 10.3. The third kappa shape index (κ3) is 4.41. The second-order valence-corrected chi connectivity index (χ2v) is 5.30. The largest absolute Gasteiger partial charge is 0.481 e. The van der Waals surface area contributed by atoms with E-state index in [-0.39, 0.29) is 12.4 Å². The van der Waals surface area contributed by atoms with E-state index in [0.717, 1.165) is 23.5 Å². The molecule has 5 nitrogen and oxygen atoms in total. The minimum Gasteiger partial charge on any atom is -0.481 e. The summed E-state index contributed by atoms with van der Waals surface area (Å²) in [6.07, 6.45) is 0. The minimum atomic E-state index is -0.852. The molecule has 0 saturated heterocycles. The molecule has 0 aliphatic rings. The summed E-state index contributed by atoms with van der Waals surface area (Å²) in [6, 6.07) is 2.89. The van der Waals surface area contributed by atoms with E-state index in [4.69, 9.17) is 16.3 Å². The fourth-order valence-electron chi connectivity index (χ4n) is 1.98. The fourth-order valence-corrected chi connectivity index (χ4v) is 2.12. The molecule has 0 atom stereocenters. The summed E-state index contributed by atoms with van der Waals surface area (Å²) in [4.78, 5) is 11.7. The maximum atomic E-state index is 13.3. The van der Waals surface area contributed by atoms with Crippen molar-refractivity contribution in [1.82, 2.24) is 15.1 Å². The van der Waals surface area contributed by atoms with Crippen LogP contribution in [0.4, 0.5) is 8.78 Å². The molecule has 0 aliphatic carbocycles. The Morgan fingerprint density at radius 1 is 1.39 bits per heavy atom. The van der Waals surface area contributed by atoms with E-state index in [1.165, 1.54) is 0 Å². The highest BCUT2D eigenvalue weighted by Gasteiger charge is 2.10. The third-order valence-corrected chi connectivity index (χ3v) is 3.74. The number of aromatic nitrogens is 2. The molecule has 0 aliphatic heterocycles. The molecule has 0 fully saturated rings. The molecule has 8 heteroatoms. The fraction of sp³-hybridized carbons (Fsp3) is 0.333. The quantitative estimate of drug-likeness (QED) is 0.877. The molecule has 0 unspecified atom stereocenters. The highest BCUT2D eigenvalue weighted by Crippen LogP contribution is 2.18. The zero-order chi connectivity index (χ0) is 17.0. The predicted molar refractivity (Wildman–Crippen MR) is 81.6 cm³/mol. The first-order chi connectivity index (χ1) is 10.9. The number of aryl methyl sites for hydroxylation is 1. The van der Waals surface area contributed by atoms with Gasteiger partial charge in [-0.2, -0.15) is 5.10 Å². The lowest BCUT2D eigenvalue weighted by molar-refractivity contribution is -0.123. The molecular weight excluding hydrogens is 328 g/mol. The van der Waals surface area contributed by atoms with Crippen LogP contribution in [0.1, 0.15) is 11.4 Å². The SMILES string of the molecule is Cc1nn(CCNC(=O)COc2ccc(F)cc2F)c(C)c1Cl. The van der Waals surface area contributed by atoms with Gasteiger partial charge in [0.25, 0.3) is 5.91 Å². The Bertz CT molecular complexity index is 719. The first-order valence-corrected chi connectivity index (χ1v) is 7.30. The molecule has 2 rings (SSSR count). The Morgan fingerprint density at radius 2 is 2.13 bits per heavy atom. The number of hydrogen-bond acceptors (Lipinski definition) is 3. The van der Waals surface area contributed by atoms with Gasteiger partial charge in [0.1, 0.15) is 5.82 Å². The number of rotatable bonds is 6. The zero-order valence-corrected chi connectivity index (χ0v) is 13.5. The van der Waals surface area contributed by atoms with E-state index in [1.54, 1.807) is 11.6 Å². The van der Waals surface area contributed by atoms with Crippen molar-refractivity contribution in [1.29, 1.82) is 0 Å². The van der Waals surface area contributed by atoms with Crippen LogP contribution in [-0.2, 0) is 11.3 Å². The summed E-state index contributed by atoms with van der Waals surface area (Å²) in [5.41, 5.74) is 1.55. The van der Waals surface area contributed by atoms with Crippen molar-refractivity contribution in [2.24, 2.45) is 0 Å². The Morgan fingerprint density at radius 3 is 2.74 bits per heavy atom. The van der Waals surface area contributed by atoms with Crippen LogP contribution in [0, 0.1) is 25.5 Å². The topological polar surface area (TPSA) is 56.2 Å². The Hall–Kier alpha value is -2.15. The molecule has 23 heavy (non-hydrogen) atoms. The van der Waals surface area contributed by atoms with Crippen LogP contribution in [0.5, 0.6) is 5.75 Å². The zero-order valence-electron chi connectivity index (χ0n) is 12.7. The van der Waals surface area contributed by atoms with Gasteiger partial charge in [0.15, 0.2) is 18.2 Å². The Balaban J connectivity index is 1.78. The van der Waals surface area contributed by atoms with Crippen molar-refractivity contribution >= 4 is 17.5 Å². The van der Waals surface area contributed by atoms with E-state index in [2.05, 4.69) is 10.4 Å². The molecule has 1 aromatic carbocycles. The molecular formula is C15H16ClF2N3O2. The van der Waals surface area contributed by atoms with Gasteiger partial charge >= 0.3 is 0 Å². The summed E-state index contributed by atoms with van der Waals surface area (Å²) in [5, 5.41) is 7.46. The molecule has 0 spiro atoms. The van der Waals surface area contributed by atoms with Gasteiger partial charge in [-0.1, -0.05) is 11.6 Å². The van der Waals surface area contributed by atoms with Gasteiger partial charge in [-0.15, -0.1) is 0 Å². The van der Waals surface area contributed by atoms with Gasteiger partial charge in [0.05, 0.1) is 23.0 Å². The number of ether oxygens (including phenoxy) is 1. The van der Waals surface area contributed by atoms with Gasteiger partial charge in [-0.25, -0.2) is 8.78 Å². The predicted octanol–water partition coefficient (Wildman–Crippen LogP) is 2.63. The third-order valence-electron chi connectivity index (χ3n) is 3.19. The smallest absolute Gasteiger partial charge is 0.258 e. The van der Waals surface area contributed by atoms with Crippen LogP contribution in [-0.4, -0.2) is 28.8 Å². The lowest BCUT2D eigenvalue weighted by Gasteiger charge is -2.09. The highest BCUT2D eigenvalue weighted by atomic mass is 35.5. The highest BCUT2D eigenvalue weighted by molar-refractivity contribution is 6.31. The van der Waals surface area contributed by atoms with Crippen LogP contribution < -0.4 is 10.1 Å². The lowest BCUT2D eigenvalue weighted by Crippen LogP contribution is -2.32. The van der Waals surface area contributed by atoms with Crippen molar-refractivity contribution in [3.8, 4) is 5.75 Å². The number of nitrogens with one attached hydrogen (secondary N) is 1. The number of amides is 1. The molecule has 2 aromatic rings. The van der Waals surface area contributed by atoms with Crippen molar-refractivity contribution in [2.75, 3.05) is 13.2 Å². The monoisotopic (exact) mass is 343 g/mol. The maximum absolute atomic E-state index is 13.3. The van der Waals surface area contributed by atoms with Crippen LogP contribution in [0.25, 0.3) is 0 Å². The van der Waals surface area contributed by atoms with E-state index in [1.807, 2.05) is 6.92 Å². The molecule has 0 saturated carbocycles. The van der Waals surface area contributed by atoms with Crippen molar-refractivity contribution in [2.45, 2.75) is 20.4 Å². The second-order valence-electron chi connectivity index (χ2n) is 4.92. The van der Waals surface area contributed by atoms with Crippen molar-refractivity contribution < 1.29 is 18.3 Å². The van der Waals surface area contributed by atoms with Gasteiger partial charge in [-0.05, 0) is 26.0 Å². The van der Waals surface area contributed by atoms with Gasteiger partial charge in [0.2, 0.25) is 0 Å². The van der Waals surface area contributed by atoms with E-state index in [0.29, 0.717) is 24.2 Å². The normalized spacial score (nSPS) is 10.7. The van der Waals surface area contributed by atoms with Crippen molar-refractivity contribution in [3.05, 3.63) is 46.2 Å². The van der Waals surface area contributed by atoms with E-state index in [9.17, 15) is 13.6 Å². The molecule has 1 heterocycles.